The van der Waals surface area contributed by atoms with Gasteiger partial charge in [0.15, 0.2) is 5.96 Å². The Labute approximate surface area is 161 Å². The molecule has 0 bridgehead atoms. The first-order valence-electron chi connectivity index (χ1n) is 8.22. The molecule has 0 amide bonds. The van der Waals surface area contributed by atoms with Gasteiger partial charge in [0.25, 0.3) is 0 Å². The Morgan fingerprint density at radius 1 is 1.12 bits per heavy atom. The Kier molecular flexibility index (Phi) is 8.81. The van der Waals surface area contributed by atoms with E-state index in [1.807, 2.05) is 6.07 Å². The lowest BCUT2D eigenvalue weighted by Crippen LogP contribution is -2.45. The molecule has 2 rings (SSSR count). The van der Waals surface area contributed by atoms with Crippen molar-refractivity contribution in [2.24, 2.45) is 4.99 Å². The Morgan fingerprint density at radius 2 is 1.83 bits per heavy atom. The van der Waals surface area contributed by atoms with Crippen molar-refractivity contribution in [1.29, 1.82) is 0 Å². The standard InChI is InChI=1S/C18H27N5.HI/c1-4-18(5-2,15-9-7-6-8-10-15)14-21-17(19-3)20-13-16-11-12-22-23-16;/h6-12H,4-5,13-14H2,1-3H3,(H,22,23)(H2,19,20,21);1H. The van der Waals surface area contributed by atoms with E-state index in [4.69, 9.17) is 0 Å². The van der Waals surface area contributed by atoms with Gasteiger partial charge in [0, 0.05) is 25.2 Å². The Morgan fingerprint density at radius 3 is 2.38 bits per heavy atom. The number of halogens is 1. The van der Waals surface area contributed by atoms with Crippen molar-refractivity contribution in [3.8, 4) is 0 Å². The molecule has 1 aromatic heterocycles. The summed E-state index contributed by atoms with van der Waals surface area (Å²) in [5.74, 6) is 0.807. The van der Waals surface area contributed by atoms with E-state index in [-0.39, 0.29) is 29.4 Å². The molecular weight excluding hydrogens is 413 g/mol. The maximum Gasteiger partial charge on any atom is 0.191 e. The quantitative estimate of drug-likeness (QED) is 0.351. The zero-order chi connectivity index (χ0) is 16.5. The summed E-state index contributed by atoms with van der Waals surface area (Å²) in [5.41, 5.74) is 2.53. The number of rotatable bonds is 7. The molecule has 1 heterocycles. The van der Waals surface area contributed by atoms with Crippen LogP contribution in [-0.4, -0.2) is 29.7 Å². The highest BCUT2D eigenvalue weighted by Crippen LogP contribution is 2.30. The van der Waals surface area contributed by atoms with Gasteiger partial charge in [-0.1, -0.05) is 44.2 Å². The summed E-state index contributed by atoms with van der Waals surface area (Å²) in [7, 11) is 1.80. The molecule has 2 aromatic rings. The van der Waals surface area contributed by atoms with Crippen LogP contribution in [0.5, 0.6) is 0 Å². The Balaban J connectivity index is 0.00000288. The fourth-order valence-corrected chi connectivity index (χ4v) is 2.84. The predicted molar refractivity (Wildman–Crippen MR) is 111 cm³/mol. The molecule has 0 atom stereocenters. The highest BCUT2D eigenvalue weighted by atomic mass is 127. The van der Waals surface area contributed by atoms with Crippen molar-refractivity contribution in [2.75, 3.05) is 13.6 Å². The number of hydrogen-bond acceptors (Lipinski definition) is 2. The van der Waals surface area contributed by atoms with Gasteiger partial charge in [0.2, 0.25) is 0 Å². The van der Waals surface area contributed by atoms with E-state index in [1.54, 1.807) is 13.2 Å². The number of guanidine groups is 1. The topological polar surface area (TPSA) is 65.1 Å². The maximum absolute atomic E-state index is 4.31. The number of aromatic nitrogens is 2. The van der Waals surface area contributed by atoms with Crippen molar-refractivity contribution in [2.45, 2.75) is 38.6 Å². The van der Waals surface area contributed by atoms with Crippen molar-refractivity contribution >= 4 is 29.9 Å². The molecule has 0 aliphatic heterocycles. The van der Waals surface area contributed by atoms with Crippen LogP contribution in [0.2, 0.25) is 0 Å². The minimum absolute atomic E-state index is 0. The Hall–Kier alpha value is -1.57. The highest BCUT2D eigenvalue weighted by molar-refractivity contribution is 14.0. The predicted octanol–water partition coefficient (Wildman–Crippen LogP) is 3.45. The van der Waals surface area contributed by atoms with Gasteiger partial charge in [-0.2, -0.15) is 5.10 Å². The lowest BCUT2D eigenvalue weighted by molar-refractivity contribution is 0.389. The molecule has 5 nitrogen and oxygen atoms in total. The molecule has 0 unspecified atom stereocenters. The summed E-state index contributed by atoms with van der Waals surface area (Å²) in [6.07, 6.45) is 3.91. The van der Waals surface area contributed by atoms with E-state index in [1.165, 1.54) is 5.56 Å². The maximum atomic E-state index is 4.31. The van der Waals surface area contributed by atoms with Gasteiger partial charge in [-0.3, -0.25) is 10.1 Å². The fraction of sp³-hybridized carbons (Fsp3) is 0.444. The lowest BCUT2D eigenvalue weighted by atomic mass is 9.76. The highest BCUT2D eigenvalue weighted by Gasteiger charge is 2.28. The zero-order valence-electron chi connectivity index (χ0n) is 14.7. The van der Waals surface area contributed by atoms with Crippen LogP contribution in [0, 0.1) is 0 Å². The summed E-state index contributed by atoms with van der Waals surface area (Å²) < 4.78 is 0. The van der Waals surface area contributed by atoms with Crippen molar-refractivity contribution in [1.82, 2.24) is 20.8 Å². The average Bonchev–Trinajstić information content (AvgIpc) is 3.13. The minimum atomic E-state index is 0. The molecule has 0 aliphatic carbocycles. The van der Waals surface area contributed by atoms with Crippen molar-refractivity contribution in [3.63, 3.8) is 0 Å². The monoisotopic (exact) mass is 441 g/mol. The van der Waals surface area contributed by atoms with Gasteiger partial charge in [-0.05, 0) is 24.5 Å². The summed E-state index contributed by atoms with van der Waals surface area (Å²) in [5, 5.41) is 13.7. The second-order valence-corrected chi connectivity index (χ2v) is 5.71. The second-order valence-electron chi connectivity index (χ2n) is 5.71. The third-order valence-electron chi connectivity index (χ3n) is 4.56. The summed E-state index contributed by atoms with van der Waals surface area (Å²) in [4.78, 5) is 4.31. The van der Waals surface area contributed by atoms with Crippen molar-refractivity contribution < 1.29 is 0 Å². The van der Waals surface area contributed by atoms with Gasteiger partial charge in [0.05, 0.1) is 12.2 Å². The van der Waals surface area contributed by atoms with Gasteiger partial charge in [-0.15, -0.1) is 24.0 Å². The Bertz CT molecular complexity index is 591. The second kappa shape index (κ2) is 10.3. The molecule has 1 aromatic carbocycles. The molecule has 0 fully saturated rings. The van der Waals surface area contributed by atoms with E-state index in [9.17, 15) is 0 Å². The van der Waals surface area contributed by atoms with Crippen LogP contribution in [0.3, 0.4) is 0 Å². The number of aliphatic imine (C=N–C) groups is 1. The molecule has 0 saturated heterocycles. The summed E-state index contributed by atoms with van der Waals surface area (Å²) >= 11 is 0. The van der Waals surface area contributed by atoms with Gasteiger partial charge >= 0.3 is 0 Å². The van der Waals surface area contributed by atoms with Crippen LogP contribution >= 0.6 is 24.0 Å². The number of aromatic amines is 1. The van der Waals surface area contributed by atoms with Crippen LogP contribution in [0.1, 0.15) is 37.9 Å². The summed E-state index contributed by atoms with van der Waals surface area (Å²) in [6, 6.07) is 12.7. The van der Waals surface area contributed by atoms with E-state index in [2.05, 4.69) is 70.0 Å². The number of nitrogens with one attached hydrogen (secondary N) is 3. The molecule has 132 valence electrons. The number of nitrogens with zero attached hydrogens (tertiary/aromatic N) is 2. The average molecular weight is 441 g/mol. The van der Waals surface area contributed by atoms with Crippen LogP contribution in [-0.2, 0) is 12.0 Å². The number of H-pyrrole nitrogens is 1. The molecule has 0 saturated carbocycles. The number of benzene rings is 1. The van der Waals surface area contributed by atoms with Gasteiger partial charge in [-0.25, -0.2) is 0 Å². The van der Waals surface area contributed by atoms with Crippen LogP contribution in [0.4, 0.5) is 0 Å². The summed E-state index contributed by atoms with van der Waals surface area (Å²) in [6.45, 7) is 6.03. The van der Waals surface area contributed by atoms with Gasteiger partial charge in [0.1, 0.15) is 0 Å². The molecule has 0 aliphatic rings. The SMILES string of the molecule is CCC(CC)(CNC(=NC)NCc1ccn[nH]1)c1ccccc1.I. The van der Waals surface area contributed by atoms with Crippen molar-refractivity contribution in [3.05, 3.63) is 53.9 Å². The molecule has 3 N–H and O–H groups in total. The largest absolute Gasteiger partial charge is 0.356 e. The normalized spacial score (nSPS) is 11.7. The van der Waals surface area contributed by atoms with Crippen LogP contribution in [0.15, 0.2) is 47.6 Å². The molecule has 6 heteroatoms. The minimum Gasteiger partial charge on any atom is -0.356 e. The molecule has 0 radical (unpaired) electrons. The van der Waals surface area contributed by atoms with E-state index >= 15 is 0 Å². The first-order chi connectivity index (χ1) is 11.2. The lowest BCUT2D eigenvalue weighted by Gasteiger charge is -2.33. The van der Waals surface area contributed by atoms with Crippen LogP contribution in [0.25, 0.3) is 0 Å². The fourth-order valence-electron chi connectivity index (χ4n) is 2.84. The third kappa shape index (κ3) is 5.22. The smallest absolute Gasteiger partial charge is 0.191 e. The molecular formula is C18H28IN5. The first kappa shape index (κ1) is 20.5. The zero-order valence-corrected chi connectivity index (χ0v) is 17.0. The van der Waals surface area contributed by atoms with Crippen LogP contribution < -0.4 is 10.6 Å². The third-order valence-corrected chi connectivity index (χ3v) is 4.56. The molecule has 0 spiro atoms. The number of hydrogen-bond donors (Lipinski definition) is 3. The van der Waals surface area contributed by atoms with Gasteiger partial charge < -0.3 is 10.6 Å². The van der Waals surface area contributed by atoms with E-state index in [0.717, 1.165) is 31.0 Å². The molecule has 24 heavy (non-hydrogen) atoms. The van der Waals surface area contributed by atoms with E-state index in [0.29, 0.717) is 6.54 Å². The van der Waals surface area contributed by atoms with E-state index < -0.39 is 0 Å². The first-order valence-corrected chi connectivity index (χ1v) is 8.22.